The molecule has 4 nitrogen and oxygen atoms in total. The first-order chi connectivity index (χ1) is 9.18. The molecule has 0 aliphatic carbocycles. The van der Waals surface area contributed by atoms with Crippen molar-refractivity contribution in [3.8, 4) is 0 Å². The Morgan fingerprint density at radius 3 is 2.16 bits per heavy atom. The lowest BCUT2D eigenvalue weighted by molar-refractivity contribution is -0.124. The van der Waals surface area contributed by atoms with E-state index < -0.39 is 0 Å². The summed E-state index contributed by atoms with van der Waals surface area (Å²) in [6.45, 7) is 0. The van der Waals surface area contributed by atoms with Gasteiger partial charge in [-0.3, -0.25) is 9.59 Å². The summed E-state index contributed by atoms with van der Waals surface area (Å²) >= 11 is 4.33. The number of nitrogens with zero attached hydrogens (tertiary/aromatic N) is 1. The number of fused-ring (bicyclic) bond motifs is 5. The van der Waals surface area contributed by atoms with E-state index in [1.54, 1.807) is 18.2 Å². The Labute approximate surface area is 115 Å². The van der Waals surface area contributed by atoms with Crippen LogP contribution in [0.25, 0.3) is 0 Å². The third kappa shape index (κ3) is 1.34. The van der Waals surface area contributed by atoms with Gasteiger partial charge in [0.1, 0.15) is 0 Å². The summed E-state index contributed by atoms with van der Waals surface area (Å²) in [5, 5.41) is 0. The van der Waals surface area contributed by atoms with Crippen molar-refractivity contribution in [1.82, 2.24) is 0 Å². The number of benzene rings is 1. The average Bonchev–Trinajstić information content (AvgIpc) is 3.06. The van der Waals surface area contributed by atoms with Gasteiger partial charge in [0.25, 0.3) is 0 Å². The van der Waals surface area contributed by atoms with E-state index in [-0.39, 0.29) is 35.9 Å². The normalized spacial score (nSPS) is 35.3. The van der Waals surface area contributed by atoms with E-state index in [9.17, 15) is 9.59 Å². The first kappa shape index (κ1) is 11.3. The van der Waals surface area contributed by atoms with Gasteiger partial charge in [0, 0.05) is 4.90 Å². The number of carbonyl (C=O) groups excluding carboxylic acids is 2. The topological polar surface area (TPSA) is 46.6 Å². The van der Waals surface area contributed by atoms with Crippen LogP contribution in [-0.2, 0) is 14.3 Å². The first-order valence-corrected chi connectivity index (χ1v) is 6.63. The van der Waals surface area contributed by atoms with E-state index in [1.807, 2.05) is 18.2 Å². The monoisotopic (exact) mass is 273 g/mol. The molecule has 1 aromatic rings. The molecule has 2 fully saturated rings. The zero-order chi connectivity index (χ0) is 13.1. The highest BCUT2D eigenvalue weighted by atomic mass is 32.1. The fourth-order valence-corrected chi connectivity index (χ4v) is 3.45. The van der Waals surface area contributed by atoms with Crippen LogP contribution in [0.15, 0.2) is 41.3 Å². The Balaban J connectivity index is 1.79. The van der Waals surface area contributed by atoms with E-state index in [0.29, 0.717) is 10.6 Å². The zero-order valence-electron chi connectivity index (χ0n) is 9.89. The molecule has 3 aliphatic heterocycles. The van der Waals surface area contributed by atoms with Crippen LogP contribution in [0, 0.1) is 11.8 Å². The number of thiol groups is 1. The largest absolute Gasteiger partial charge is 0.365 e. The number of hydrogen-bond acceptors (Lipinski definition) is 4. The molecular weight excluding hydrogens is 262 g/mol. The van der Waals surface area contributed by atoms with Gasteiger partial charge in [0.05, 0.1) is 29.7 Å². The van der Waals surface area contributed by atoms with Crippen LogP contribution in [-0.4, -0.2) is 24.0 Å². The van der Waals surface area contributed by atoms with Crippen LogP contribution in [0.3, 0.4) is 0 Å². The van der Waals surface area contributed by atoms with Crippen LogP contribution in [0.2, 0.25) is 0 Å². The highest BCUT2D eigenvalue weighted by Gasteiger charge is 2.61. The molecule has 3 aliphatic rings. The van der Waals surface area contributed by atoms with Crippen molar-refractivity contribution in [2.75, 3.05) is 4.90 Å². The van der Waals surface area contributed by atoms with Gasteiger partial charge in [-0.25, -0.2) is 4.90 Å². The molecule has 3 heterocycles. The summed E-state index contributed by atoms with van der Waals surface area (Å²) in [6, 6.07) is 7.14. The second kappa shape index (κ2) is 3.71. The van der Waals surface area contributed by atoms with Crippen molar-refractivity contribution < 1.29 is 14.3 Å². The van der Waals surface area contributed by atoms with Crippen molar-refractivity contribution in [2.45, 2.75) is 17.1 Å². The van der Waals surface area contributed by atoms with Crippen molar-refractivity contribution in [1.29, 1.82) is 0 Å². The van der Waals surface area contributed by atoms with Crippen molar-refractivity contribution in [2.24, 2.45) is 11.8 Å². The van der Waals surface area contributed by atoms with Crippen molar-refractivity contribution in [3.63, 3.8) is 0 Å². The summed E-state index contributed by atoms with van der Waals surface area (Å²) < 4.78 is 5.60. The highest BCUT2D eigenvalue weighted by Crippen LogP contribution is 2.46. The molecule has 1 aromatic carbocycles. The number of imide groups is 1. The van der Waals surface area contributed by atoms with Crippen molar-refractivity contribution >= 4 is 30.1 Å². The van der Waals surface area contributed by atoms with Crippen LogP contribution in [0.5, 0.6) is 0 Å². The Hall–Kier alpha value is -1.59. The molecule has 2 saturated heterocycles. The molecule has 0 saturated carbocycles. The minimum atomic E-state index is -0.365. The number of hydrogen-bond donors (Lipinski definition) is 1. The number of anilines is 1. The van der Waals surface area contributed by atoms with E-state index in [1.165, 1.54) is 4.90 Å². The predicted octanol–water partition coefficient (Wildman–Crippen LogP) is 1.42. The number of ether oxygens (including phenoxy) is 1. The zero-order valence-corrected chi connectivity index (χ0v) is 10.8. The Kier molecular flexibility index (Phi) is 2.20. The average molecular weight is 273 g/mol. The molecule has 0 radical (unpaired) electrons. The van der Waals surface area contributed by atoms with Gasteiger partial charge in [0.15, 0.2) is 0 Å². The fraction of sp³-hybridized carbons (Fsp3) is 0.286. The molecule has 4 atom stereocenters. The van der Waals surface area contributed by atoms with E-state index >= 15 is 0 Å². The second-order valence-electron chi connectivity index (χ2n) is 5.00. The van der Waals surface area contributed by atoms with Crippen LogP contribution in [0.1, 0.15) is 0 Å². The third-order valence-corrected chi connectivity index (χ3v) is 4.41. The molecule has 4 unspecified atom stereocenters. The van der Waals surface area contributed by atoms with Gasteiger partial charge in [-0.05, 0) is 12.1 Å². The predicted molar refractivity (Wildman–Crippen MR) is 71.0 cm³/mol. The van der Waals surface area contributed by atoms with Gasteiger partial charge >= 0.3 is 0 Å². The Morgan fingerprint density at radius 1 is 1.00 bits per heavy atom. The molecule has 0 N–H and O–H groups in total. The summed E-state index contributed by atoms with van der Waals surface area (Å²) in [5.74, 6) is -1.08. The third-order valence-electron chi connectivity index (χ3n) is 4.03. The quantitative estimate of drug-likeness (QED) is 0.478. The van der Waals surface area contributed by atoms with E-state index in [0.717, 1.165) is 0 Å². The second-order valence-corrected chi connectivity index (χ2v) is 5.48. The number of rotatable bonds is 1. The lowest BCUT2D eigenvalue weighted by Gasteiger charge is -2.18. The summed E-state index contributed by atoms with van der Waals surface area (Å²) in [6.07, 6.45) is 3.27. The molecule has 4 rings (SSSR count). The highest BCUT2D eigenvalue weighted by molar-refractivity contribution is 7.80. The van der Waals surface area contributed by atoms with Crippen LogP contribution in [0.4, 0.5) is 5.69 Å². The van der Waals surface area contributed by atoms with E-state index in [4.69, 9.17) is 4.74 Å². The first-order valence-electron chi connectivity index (χ1n) is 6.18. The Morgan fingerprint density at radius 2 is 1.58 bits per heavy atom. The lowest BCUT2D eigenvalue weighted by Crippen LogP contribution is -2.34. The molecule has 5 heteroatoms. The SMILES string of the molecule is O=C1C2C3C=CC(O3)C2C(=O)N1c1ccccc1S. The smallest absolute Gasteiger partial charge is 0.240 e. The molecular formula is C14H11NO3S. The van der Waals surface area contributed by atoms with Crippen LogP contribution >= 0.6 is 12.6 Å². The number of carbonyl (C=O) groups is 2. The van der Waals surface area contributed by atoms with Crippen LogP contribution < -0.4 is 4.90 Å². The summed E-state index contributed by atoms with van der Waals surface area (Å²) in [5.41, 5.74) is 0.564. The molecule has 96 valence electrons. The van der Waals surface area contributed by atoms with Gasteiger partial charge < -0.3 is 4.74 Å². The maximum Gasteiger partial charge on any atom is 0.240 e. The van der Waals surface area contributed by atoms with Crippen molar-refractivity contribution in [3.05, 3.63) is 36.4 Å². The standard InChI is InChI=1S/C14H11NO3S/c16-13-11-8-5-6-9(18-8)12(11)14(17)15(13)7-3-1-2-4-10(7)19/h1-6,8-9,11-12,19H. The maximum absolute atomic E-state index is 12.5. The summed E-state index contributed by atoms with van der Waals surface area (Å²) in [4.78, 5) is 26.9. The van der Waals surface area contributed by atoms with Gasteiger partial charge in [-0.15, -0.1) is 12.6 Å². The van der Waals surface area contributed by atoms with Gasteiger partial charge in [0.2, 0.25) is 11.8 Å². The molecule has 0 aromatic heterocycles. The van der Waals surface area contributed by atoms with Gasteiger partial charge in [-0.1, -0.05) is 24.3 Å². The molecule has 2 bridgehead atoms. The maximum atomic E-state index is 12.5. The molecule has 19 heavy (non-hydrogen) atoms. The van der Waals surface area contributed by atoms with Gasteiger partial charge in [-0.2, -0.15) is 0 Å². The summed E-state index contributed by atoms with van der Waals surface area (Å²) in [7, 11) is 0. The molecule has 2 amide bonds. The Bertz CT molecular complexity index is 597. The van der Waals surface area contributed by atoms with E-state index in [2.05, 4.69) is 12.6 Å². The number of amides is 2. The lowest BCUT2D eigenvalue weighted by atomic mass is 9.85. The number of para-hydroxylation sites is 1. The fourth-order valence-electron chi connectivity index (χ4n) is 3.19. The molecule has 0 spiro atoms. The minimum absolute atomic E-state index is 0.173. The minimum Gasteiger partial charge on any atom is -0.365 e.